The number of hydrogen-bond donors (Lipinski definition) is 1. The minimum atomic E-state index is -4.41. The summed E-state index contributed by atoms with van der Waals surface area (Å²) in [7, 11) is -3.07. The van der Waals surface area contributed by atoms with Crippen LogP contribution in [-0.4, -0.2) is 20.1 Å². The lowest BCUT2D eigenvalue weighted by atomic mass is 10.3. The highest BCUT2D eigenvalue weighted by molar-refractivity contribution is 7.86. The van der Waals surface area contributed by atoms with Crippen molar-refractivity contribution in [1.29, 1.82) is 5.39 Å². The summed E-state index contributed by atoms with van der Waals surface area (Å²) in [6, 6.07) is 3.68. The van der Waals surface area contributed by atoms with Crippen LogP contribution < -0.4 is 17.1 Å². The molecule has 1 aromatic carbocycles. The smallest absolute Gasteiger partial charge is 0.406 e. The van der Waals surface area contributed by atoms with Gasteiger partial charge in [0.25, 0.3) is 0 Å². The summed E-state index contributed by atoms with van der Waals surface area (Å²) in [5, 5.41) is 8.45. The molecule has 0 bridgehead atoms. The van der Waals surface area contributed by atoms with Gasteiger partial charge in [0.05, 0.1) is 7.11 Å². The van der Waals surface area contributed by atoms with Crippen molar-refractivity contribution < 1.29 is 30.1 Å². The molecule has 0 aliphatic rings. The van der Waals surface area contributed by atoms with Gasteiger partial charge in [0.2, 0.25) is 5.39 Å². The maximum Gasteiger partial charge on any atom is 0.406 e. The Bertz CT molecular complexity index is 494. The van der Waals surface area contributed by atoms with E-state index in [9.17, 15) is 8.42 Å². The van der Waals surface area contributed by atoms with Crippen molar-refractivity contribution in [1.82, 2.24) is 0 Å². The second kappa shape index (κ2) is 4.93. The first-order valence-corrected chi connectivity index (χ1v) is 4.93. The molecule has 15 heavy (non-hydrogen) atoms. The van der Waals surface area contributed by atoms with Crippen molar-refractivity contribution in [3.05, 3.63) is 23.2 Å². The molecule has 0 aliphatic carbocycles. The molecule has 0 saturated heterocycles. The number of ether oxygens (including phenoxy) is 1. The maximum absolute atomic E-state index is 10.8. The van der Waals surface area contributed by atoms with Crippen LogP contribution in [-0.2, 0) is 10.1 Å². The van der Waals surface area contributed by atoms with E-state index in [1.54, 1.807) is 0 Å². The summed E-state index contributed by atoms with van der Waals surface area (Å²) in [6.45, 7) is 0. The third-order valence-corrected chi connectivity index (χ3v) is 2.44. The zero-order valence-electron chi connectivity index (χ0n) is 7.58. The number of benzene rings is 1. The van der Waals surface area contributed by atoms with Gasteiger partial charge in [0, 0.05) is 12.1 Å². The molecule has 82 valence electrons. The van der Waals surface area contributed by atoms with Crippen LogP contribution in [0.4, 0.5) is 5.69 Å². The molecule has 0 aliphatic heterocycles. The fourth-order valence-corrected chi connectivity index (χ4v) is 1.55. The van der Waals surface area contributed by atoms with Gasteiger partial charge in [-0.15, -0.1) is 0 Å². The molecule has 0 spiro atoms. The molecule has 0 radical (unpaired) electrons. The molecule has 8 heteroatoms. The molecule has 0 unspecified atom stereocenters. The second-order valence-corrected chi connectivity index (χ2v) is 3.80. The summed E-state index contributed by atoms with van der Waals surface area (Å²) in [6.07, 6.45) is 0. The number of hydrogen-bond acceptors (Lipinski definition) is 4. The minimum absolute atomic E-state index is 0. The Kier molecular flexibility index (Phi) is 4.48. The minimum Gasteiger partial charge on any atom is -1.00 e. The lowest BCUT2D eigenvalue weighted by molar-refractivity contribution is -0.00000756. The zero-order chi connectivity index (χ0) is 10.8. The van der Waals surface area contributed by atoms with Crippen LogP contribution in [0.25, 0.3) is 4.98 Å². The van der Waals surface area contributed by atoms with Crippen molar-refractivity contribution in [2.24, 2.45) is 0 Å². The van der Waals surface area contributed by atoms with E-state index in [4.69, 9.17) is 14.7 Å². The summed E-state index contributed by atoms with van der Waals surface area (Å²) in [4.78, 5) is 2.22. The Labute approximate surface area is 92.7 Å². The predicted octanol–water partition coefficient (Wildman–Crippen LogP) is -1.57. The Morgan fingerprint density at radius 2 is 2.07 bits per heavy atom. The van der Waals surface area contributed by atoms with E-state index in [0.717, 1.165) is 6.07 Å². The van der Waals surface area contributed by atoms with Crippen LogP contribution in [0.15, 0.2) is 23.1 Å². The average Bonchev–Trinajstić information content (AvgIpc) is 2.15. The first-order valence-electron chi connectivity index (χ1n) is 3.49. The summed E-state index contributed by atoms with van der Waals surface area (Å²) in [5.41, 5.74) is -0.242. The van der Waals surface area contributed by atoms with Crippen LogP contribution in [0.2, 0.25) is 0 Å². The highest BCUT2D eigenvalue weighted by atomic mass is 35.5. The largest absolute Gasteiger partial charge is 1.00 e. The zero-order valence-corrected chi connectivity index (χ0v) is 9.16. The standard InChI is InChI=1S/C7H6N2O4S.ClH/c1-13-5-2-3-6(9-8)7(4-5)14(10,11)12;/h2-4H,1H3;1H. The Balaban J connectivity index is 0.00000196. The molecule has 0 fully saturated rings. The maximum atomic E-state index is 10.8. The molecule has 1 N–H and O–H groups in total. The van der Waals surface area contributed by atoms with Gasteiger partial charge < -0.3 is 17.1 Å². The van der Waals surface area contributed by atoms with Crippen LogP contribution in [0.5, 0.6) is 5.75 Å². The van der Waals surface area contributed by atoms with Gasteiger partial charge in [-0.05, 0) is 6.07 Å². The second-order valence-electron chi connectivity index (χ2n) is 2.41. The molecule has 0 atom stereocenters. The van der Waals surface area contributed by atoms with E-state index in [-0.39, 0.29) is 23.8 Å². The van der Waals surface area contributed by atoms with Crippen LogP contribution in [0, 0.1) is 5.39 Å². The van der Waals surface area contributed by atoms with Crippen molar-refractivity contribution in [2.75, 3.05) is 7.11 Å². The number of diazo groups is 1. The van der Waals surface area contributed by atoms with Crippen molar-refractivity contribution in [2.45, 2.75) is 4.90 Å². The van der Waals surface area contributed by atoms with Gasteiger partial charge in [0.1, 0.15) is 5.75 Å². The predicted molar refractivity (Wildman–Crippen MR) is 47.6 cm³/mol. The molecule has 0 saturated carbocycles. The molecule has 0 heterocycles. The van der Waals surface area contributed by atoms with Crippen molar-refractivity contribution >= 4 is 15.8 Å². The molecule has 1 aromatic rings. The highest BCUT2D eigenvalue weighted by Gasteiger charge is 2.24. The first kappa shape index (κ1) is 13.6. The molecular weight excluding hydrogens is 244 g/mol. The topological polar surface area (TPSA) is 91.8 Å². The SMILES string of the molecule is COc1ccc([N+]#N)c(S(=O)(=O)O)c1.[Cl-]. The fourth-order valence-electron chi connectivity index (χ4n) is 0.911. The molecular formula is C7H7ClN2O4S. The number of rotatable bonds is 2. The van der Waals surface area contributed by atoms with Gasteiger partial charge in [-0.2, -0.15) is 8.42 Å². The molecule has 0 aromatic heterocycles. The quantitative estimate of drug-likeness (QED) is 0.506. The third kappa shape index (κ3) is 3.06. The van der Waals surface area contributed by atoms with E-state index in [0.29, 0.717) is 0 Å². The van der Waals surface area contributed by atoms with Gasteiger partial charge in [-0.1, -0.05) is 0 Å². The van der Waals surface area contributed by atoms with Crippen LogP contribution in [0.3, 0.4) is 0 Å². The van der Waals surface area contributed by atoms with E-state index in [2.05, 4.69) is 4.98 Å². The van der Waals surface area contributed by atoms with E-state index >= 15 is 0 Å². The Morgan fingerprint density at radius 3 is 2.47 bits per heavy atom. The average molecular weight is 251 g/mol. The first-order chi connectivity index (χ1) is 6.49. The van der Waals surface area contributed by atoms with Gasteiger partial charge >= 0.3 is 15.8 Å². The summed E-state index contributed by atoms with van der Waals surface area (Å²) >= 11 is 0. The van der Waals surface area contributed by atoms with Crippen molar-refractivity contribution in [3.63, 3.8) is 0 Å². The van der Waals surface area contributed by atoms with E-state index < -0.39 is 15.0 Å². The third-order valence-electron chi connectivity index (χ3n) is 1.55. The van der Waals surface area contributed by atoms with Gasteiger partial charge in [-0.3, -0.25) is 4.55 Å². The number of methoxy groups -OCH3 is 1. The number of nitrogens with zero attached hydrogens (tertiary/aromatic N) is 2. The van der Waals surface area contributed by atoms with E-state index in [1.165, 1.54) is 19.2 Å². The van der Waals surface area contributed by atoms with Crippen LogP contribution in [0.1, 0.15) is 0 Å². The lowest BCUT2D eigenvalue weighted by Crippen LogP contribution is -3.00. The Hall–Kier alpha value is -1.36. The fraction of sp³-hybridized carbons (Fsp3) is 0.143. The van der Waals surface area contributed by atoms with E-state index in [1.807, 2.05) is 0 Å². The monoisotopic (exact) mass is 250 g/mol. The normalized spacial score (nSPS) is 9.93. The van der Waals surface area contributed by atoms with Gasteiger partial charge in [-0.25, -0.2) is 0 Å². The number of halogens is 1. The lowest BCUT2D eigenvalue weighted by Gasteiger charge is -1.98. The van der Waals surface area contributed by atoms with Crippen LogP contribution >= 0.6 is 0 Å². The molecule has 1 rings (SSSR count). The highest BCUT2D eigenvalue weighted by Crippen LogP contribution is 2.28. The van der Waals surface area contributed by atoms with Gasteiger partial charge in [0.15, 0.2) is 9.87 Å². The Morgan fingerprint density at radius 1 is 1.47 bits per heavy atom. The van der Waals surface area contributed by atoms with Crippen molar-refractivity contribution in [3.8, 4) is 5.75 Å². The summed E-state index contributed by atoms with van der Waals surface area (Å²) < 4.78 is 35.1. The summed E-state index contributed by atoms with van der Waals surface area (Å²) in [5.74, 6) is 0.241. The molecule has 0 amide bonds. The molecule has 6 nitrogen and oxygen atoms in total.